The van der Waals surface area contributed by atoms with Gasteiger partial charge in [-0.2, -0.15) is 0 Å². The van der Waals surface area contributed by atoms with Gasteiger partial charge in [-0.15, -0.1) is 0 Å². The normalized spacial score (nSPS) is 14.7. The van der Waals surface area contributed by atoms with Crippen LogP contribution in [0.2, 0.25) is 0 Å². The highest BCUT2D eigenvalue weighted by Crippen LogP contribution is 2.37. The van der Waals surface area contributed by atoms with Crippen molar-refractivity contribution in [1.82, 2.24) is 0 Å². The summed E-state index contributed by atoms with van der Waals surface area (Å²) in [6.07, 6.45) is 0.221. The Morgan fingerprint density at radius 1 is 1.00 bits per heavy atom. The van der Waals surface area contributed by atoms with Gasteiger partial charge in [-0.3, -0.25) is 14.4 Å². The largest absolute Gasteiger partial charge is 0.458 e. The number of carbonyl (C=O) groups is 3. The number of ketones is 2. The smallest absolute Gasteiger partial charge is 0.306 e. The van der Waals surface area contributed by atoms with E-state index < -0.39 is 5.97 Å². The molecule has 4 nitrogen and oxygen atoms in total. The Balaban J connectivity index is 4.63. The highest BCUT2D eigenvalue weighted by atomic mass is 16.5. The summed E-state index contributed by atoms with van der Waals surface area (Å²) in [5, 5.41) is 0. The van der Waals surface area contributed by atoms with Gasteiger partial charge in [0.15, 0.2) is 5.78 Å². The Morgan fingerprint density at radius 3 is 1.90 bits per heavy atom. The molecule has 0 bridgehead atoms. The molecule has 21 heavy (non-hydrogen) atoms. The molecule has 0 aromatic heterocycles. The van der Waals surface area contributed by atoms with Crippen LogP contribution in [0.1, 0.15) is 61.3 Å². The fourth-order valence-corrected chi connectivity index (χ4v) is 2.58. The van der Waals surface area contributed by atoms with Gasteiger partial charge < -0.3 is 4.74 Å². The number of hydrogen-bond acceptors (Lipinski definition) is 4. The van der Waals surface area contributed by atoms with Gasteiger partial charge in [0.1, 0.15) is 12.4 Å². The molecule has 2 unspecified atom stereocenters. The molecule has 0 aromatic rings. The minimum atomic E-state index is -0.483. The van der Waals surface area contributed by atoms with Crippen molar-refractivity contribution in [2.45, 2.75) is 61.3 Å². The molecule has 0 radical (unpaired) electrons. The lowest BCUT2D eigenvalue weighted by Gasteiger charge is -2.36. The van der Waals surface area contributed by atoms with Crippen LogP contribution in [-0.2, 0) is 19.1 Å². The Bertz CT molecular complexity index is 377. The minimum Gasteiger partial charge on any atom is -0.458 e. The summed E-state index contributed by atoms with van der Waals surface area (Å²) in [6, 6.07) is 0. The van der Waals surface area contributed by atoms with Crippen LogP contribution in [0.25, 0.3) is 0 Å². The fourth-order valence-electron chi connectivity index (χ4n) is 2.58. The van der Waals surface area contributed by atoms with Crippen LogP contribution in [0.3, 0.4) is 0 Å². The van der Waals surface area contributed by atoms with Crippen LogP contribution in [-0.4, -0.2) is 24.1 Å². The van der Waals surface area contributed by atoms with Crippen LogP contribution in [0, 0.1) is 23.2 Å². The first-order valence-corrected chi connectivity index (χ1v) is 7.64. The van der Waals surface area contributed by atoms with Gasteiger partial charge in [-0.25, -0.2) is 0 Å². The predicted molar refractivity (Wildman–Crippen MR) is 82.8 cm³/mol. The highest BCUT2D eigenvalue weighted by molar-refractivity contribution is 5.86. The molecule has 122 valence electrons. The van der Waals surface area contributed by atoms with E-state index in [1.165, 1.54) is 6.92 Å². The fraction of sp³-hybridized carbons (Fsp3) is 0.824. The van der Waals surface area contributed by atoms with Gasteiger partial charge in [0.25, 0.3) is 0 Å². The van der Waals surface area contributed by atoms with Crippen molar-refractivity contribution in [2.24, 2.45) is 23.2 Å². The predicted octanol–water partition coefficient (Wildman–Crippen LogP) is 3.42. The van der Waals surface area contributed by atoms with E-state index in [-0.39, 0.29) is 48.3 Å². The van der Waals surface area contributed by atoms with Crippen LogP contribution in [0.5, 0.6) is 0 Å². The third-order valence-electron chi connectivity index (χ3n) is 3.87. The molecule has 0 saturated carbocycles. The number of esters is 1. The molecule has 4 heteroatoms. The molecule has 0 saturated heterocycles. The second-order valence-electron chi connectivity index (χ2n) is 7.28. The Hall–Kier alpha value is -1.19. The lowest BCUT2D eigenvalue weighted by Crippen LogP contribution is -2.36. The molecule has 0 aliphatic carbocycles. The van der Waals surface area contributed by atoms with Crippen LogP contribution >= 0.6 is 0 Å². The van der Waals surface area contributed by atoms with E-state index >= 15 is 0 Å². The molecule has 2 atom stereocenters. The molecule has 0 amide bonds. The van der Waals surface area contributed by atoms with Gasteiger partial charge in [0.05, 0.1) is 6.42 Å². The molecule has 0 aliphatic rings. The quantitative estimate of drug-likeness (QED) is 0.644. The van der Waals surface area contributed by atoms with E-state index in [2.05, 4.69) is 41.5 Å². The molecular weight excluding hydrogens is 268 g/mol. The van der Waals surface area contributed by atoms with Crippen LogP contribution in [0.4, 0.5) is 0 Å². The van der Waals surface area contributed by atoms with Gasteiger partial charge in [0.2, 0.25) is 0 Å². The van der Waals surface area contributed by atoms with E-state index in [1.807, 2.05) is 0 Å². The van der Waals surface area contributed by atoms with E-state index in [1.54, 1.807) is 0 Å². The molecule has 0 aromatic carbocycles. The minimum absolute atomic E-state index is 0.0451. The van der Waals surface area contributed by atoms with Crippen molar-refractivity contribution in [3.8, 4) is 0 Å². The summed E-state index contributed by atoms with van der Waals surface area (Å²) in [5.74, 6) is -0.00533. The van der Waals surface area contributed by atoms with Crippen molar-refractivity contribution in [1.29, 1.82) is 0 Å². The van der Waals surface area contributed by atoms with Crippen molar-refractivity contribution >= 4 is 17.5 Å². The summed E-state index contributed by atoms with van der Waals surface area (Å²) in [7, 11) is 0. The van der Waals surface area contributed by atoms with E-state index in [0.717, 1.165) is 0 Å². The number of Topliss-reactive ketones (excluding diaryl/α,β-unsaturated/α-hetero) is 2. The van der Waals surface area contributed by atoms with Gasteiger partial charge in [0, 0.05) is 12.3 Å². The topological polar surface area (TPSA) is 60.4 Å². The third-order valence-corrected chi connectivity index (χ3v) is 3.87. The van der Waals surface area contributed by atoms with E-state index in [9.17, 15) is 14.4 Å². The SMILES string of the molecule is CC(=O)COC(=O)CCC(=O)C(C(C)C(C)C)C(C)(C)C. The van der Waals surface area contributed by atoms with Crippen molar-refractivity contribution in [2.75, 3.05) is 6.61 Å². The zero-order valence-corrected chi connectivity index (χ0v) is 14.5. The second kappa shape index (κ2) is 8.30. The first-order valence-electron chi connectivity index (χ1n) is 7.64. The van der Waals surface area contributed by atoms with Crippen molar-refractivity contribution in [3.05, 3.63) is 0 Å². The van der Waals surface area contributed by atoms with E-state index in [0.29, 0.717) is 5.92 Å². The molecule has 0 heterocycles. The van der Waals surface area contributed by atoms with Crippen LogP contribution < -0.4 is 0 Å². The first-order chi connectivity index (χ1) is 9.46. The number of hydrogen-bond donors (Lipinski definition) is 0. The average molecular weight is 298 g/mol. The maximum Gasteiger partial charge on any atom is 0.306 e. The van der Waals surface area contributed by atoms with Gasteiger partial charge in [-0.1, -0.05) is 41.5 Å². The molecule has 0 spiro atoms. The summed E-state index contributed by atoms with van der Waals surface area (Å²) in [6.45, 7) is 13.6. The number of ether oxygens (including phenoxy) is 1. The molecule has 0 N–H and O–H groups in total. The van der Waals surface area contributed by atoms with Crippen molar-refractivity contribution < 1.29 is 19.1 Å². The second-order valence-corrected chi connectivity index (χ2v) is 7.28. The Labute approximate surface area is 128 Å². The number of carbonyl (C=O) groups excluding carboxylic acids is 3. The lowest BCUT2D eigenvalue weighted by molar-refractivity contribution is -0.148. The molecule has 0 rings (SSSR count). The van der Waals surface area contributed by atoms with E-state index in [4.69, 9.17) is 4.74 Å². The maximum absolute atomic E-state index is 12.5. The summed E-state index contributed by atoms with van der Waals surface area (Å²) in [4.78, 5) is 34.8. The van der Waals surface area contributed by atoms with Crippen molar-refractivity contribution in [3.63, 3.8) is 0 Å². The molecule has 0 fully saturated rings. The lowest BCUT2D eigenvalue weighted by atomic mass is 9.67. The van der Waals surface area contributed by atoms with Crippen LogP contribution in [0.15, 0.2) is 0 Å². The third kappa shape index (κ3) is 7.39. The maximum atomic E-state index is 12.5. The Morgan fingerprint density at radius 2 is 1.52 bits per heavy atom. The number of rotatable bonds is 8. The zero-order chi connectivity index (χ0) is 16.8. The first kappa shape index (κ1) is 19.8. The Kier molecular flexibility index (Phi) is 7.83. The molecule has 0 aliphatic heterocycles. The summed E-state index contributed by atoms with van der Waals surface area (Å²) >= 11 is 0. The molecular formula is C17H30O4. The standard InChI is InChI=1S/C17H30O4/c1-11(2)13(4)16(17(5,6)7)14(19)8-9-15(20)21-10-12(3)18/h11,13,16H,8-10H2,1-7H3. The van der Waals surface area contributed by atoms with Gasteiger partial charge in [-0.05, 0) is 24.2 Å². The summed E-state index contributed by atoms with van der Waals surface area (Å²) < 4.78 is 4.79. The highest BCUT2D eigenvalue weighted by Gasteiger charge is 2.36. The monoisotopic (exact) mass is 298 g/mol. The summed E-state index contributed by atoms with van der Waals surface area (Å²) in [5.41, 5.74) is -0.135. The zero-order valence-electron chi connectivity index (χ0n) is 14.5. The average Bonchev–Trinajstić information content (AvgIpc) is 2.31. The van der Waals surface area contributed by atoms with Gasteiger partial charge >= 0.3 is 5.97 Å².